The summed E-state index contributed by atoms with van der Waals surface area (Å²) in [7, 11) is -3.96. The van der Waals surface area contributed by atoms with Gasteiger partial charge < -0.3 is 5.32 Å². The predicted molar refractivity (Wildman–Crippen MR) is 157 cm³/mol. The van der Waals surface area contributed by atoms with Crippen molar-refractivity contribution in [3.63, 3.8) is 0 Å². The van der Waals surface area contributed by atoms with Crippen LogP contribution in [-0.4, -0.2) is 40.9 Å². The van der Waals surface area contributed by atoms with Gasteiger partial charge in [-0.3, -0.25) is 24.9 Å². The standard InChI is InChI=1S/C30H32N4O7S/c1-21-7-14-26(15-8-21)42(40,41)33-20-24(27-19-25(34(38)39)13-16-28(27)33)18-22-9-11-23(12-10-22)30(36)31-17-5-3-2-4-6-29(35)32-37/h7-16,19-20,37H,2-6,17-18H2,1H3,(H,31,36)(H,32,35). The van der Waals surface area contributed by atoms with Crippen LogP contribution < -0.4 is 10.8 Å². The highest BCUT2D eigenvalue weighted by Crippen LogP contribution is 2.31. The number of nitro groups is 1. The molecular formula is C30H32N4O7S. The van der Waals surface area contributed by atoms with Crippen molar-refractivity contribution in [3.8, 4) is 0 Å². The average Bonchev–Trinajstić information content (AvgIpc) is 3.35. The number of aromatic nitrogens is 1. The second-order valence-electron chi connectivity index (χ2n) is 10.1. The number of carbonyl (C=O) groups is 2. The Morgan fingerprint density at radius 1 is 0.952 bits per heavy atom. The van der Waals surface area contributed by atoms with Crippen LogP contribution in [0.15, 0.2) is 77.8 Å². The number of nitrogens with zero attached hydrogens (tertiary/aromatic N) is 2. The normalized spacial score (nSPS) is 11.4. The molecule has 0 atom stereocenters. The van der Waals surface area contributed by atoms with E-state index in [1.54, 1.807) is 41.9 Å². The summed E-state index contributed by atoms with van der Waals surface area (Å²) >= 11 is 0. The van der Waals surface area contributed by atoms with Crippen LogP contribution in [0.4, 0.5) is 5.69 Å². The maximum absolute atomic E-state index is 13.5. The van der Waals surface area contributed by atoms with Crippen molar-refractivity contribution < 1.29 is 28.1 Å². The van der Waals surface area contributed by atoms with Crippen molar-refractivity contribution in [2.75, 3.05) is 6.54 Å². The molecule has 1 heterocycles. The molecule has 0 aliphatic carbocycles. The number of unbranched alkanes of at least 4 members (excludes halogenated alkanes) is 3. The number of benzene rings is 3. The van der Waals surface area contributed by atoms with Crippen LogP contribution in [0.25, 0.3) is 10.9 Å². The van der Waals surface area contributed by atoms with Gasteiger partial charge in [0.2, 0.25) is 5.91 Å². The molecule has 0 saturated carbocycles. The number of fused-ring (bicyclic) bond motifs is 1. The first-order valence-electron chi connectivity index (χ1n) is 13.5. The Bertz CT molecular complexity index is 1700. The first-order chi connectivity index (χ1) is 20.1. The molecule has 0 spiro atoms. The molecule has 3 aromatic carbocycles. The number of aryl methyl sites for hydroxylation is 1. The number of rotatable bonds is 13. The quantitative estimate of drug-likeness (QED) is 0.0864. The summed E-state index contributed by atoms with van der Waals surface area (Å²) in [6.07, 6.45) is 5.12. The maximum Gasteiger partial charge on any atom is 0.270 e. The third-order valence-electron chi connectivity index (χ3n) is 6.98. The van der Waals surface area contributed by atoms with E-state index in [9.17, 15) is 28.1 Å². The number of amides is 2. The van der Waals surface area contributed by atoms with Crippen molar-refractivity contribution in [1.82, 2.24) is 14.8 Å². The van der Waals surface area contributed by atoms with Gasteiger partial charge in [-0.1, -0.05) is 42.7 Å². The Morgan fingerprint density at radius 2 is 1.64 bits per heavy atom. The van der Waals surface area contributed by atoms with Gasteiger partial charge >= 0.3 is 0 Å². The fourth-order valence-corrected chi connectivity index (χ4v) is 6.04. The first kappa shape index (κ1) is 30.4. The van der Waals surface area contributed by atoms with Gasteiger partial charge in [0.05, 0.1) is 15.3 Å². The summed E-state index contributed by atoms with van der Waals surface area (Å²) in [4.78, 5) is 34.6. The van der Waals surface area contributed by atoms with Gasteiger partial charge in [0.1, 0.15) is 0 Å². The minimum Gasteiger partial charge on any atom is -0.352 e. The Labute approximate surface area is 243 Å². The summed E-state index contributed by atoms with van der Waals surface area (Å²) in [5.41, 5.74) is 4.58. The minimum atomic E-state index is -3.96. The zero-order valence-electron chi connectivity index (χ0n) is 23.1. The Balaban J connectivity index is 1.48. The summed E-state index contributed by atoms with van der Waals surface area (Å²) in [6.45, 7) is 2.35. The molecule has 1 aromatic heterocycles. The smallest absolute Gasteiger partial charge is 0.270 e. The van der Waals surface area contributed by atoms with Crippen molar-refractivity contribution >= 4 is 38.4 Å². The van der Waals surface area contributed by atoms with Crippen LogP contribution in [0, 0.1) is 17.0 Å². The minimum absolute atomic E-state index is 0.111. The summed E-state index contributed by atoms with van der Waals surface area (Å²) in [6, 6.07) is 17.5. The largest absolute Gasteiger partial charge is 0.352 e. The van der Waals surface area contributed by atoms with E-state index in [0.717, 1.165) is 34.4 Å². The molecule has 42 heavy (non-hydrogen) atoms. The zero-order valence-corrected chi connectivity index (χ0v) is 23.9. The lowest BCUT2D eigenvalue weighted by Gasteiger charge is -2.08. The van der Waals surface area contributed by atoms with Crippen molar-refractivity contribution in [2.45, 2.75) is 50.3 Å². The highest BCUT2D eigenvalue weighted by atomic mass is 32.2. The van der Waals surface area contributed by atoms with Crippen molar-refractivity contribution in [3.05, 3.63) is 105 Å². The van der Waals surface area contributed by atoms with Crippen LogP contribution >= 0.6 is 0 Å². The molecular weight excluding hydrogens is 560 g/mol. The van der Waals surface area contributed by atoms with E-state index in [4.69, 9.17) is 5.21 Å². The van der Waals surface area contributed by atoms with Crippen LogP contribution in [0.2, 0.25) is 0 Å². The van der Waals surface area contributed by atoms with Gasteiger partial charge in [0, 0.05) is 42.2 Å². The van der Waals surface area contributed by atoms with Crippen molar-refractivity contribution in [2.24, 2.45) is 0 Å². The number of hydrogen-bond donors (Lipinski definition) is 3. The lowest BCUT2D eigenvalue weighted by Crippen LogP contribution is -2.24. The van der Waals surface area contributed by atoms with Crippen LogP contribution in [-0.2, 0) is 21.2 Å². The lowest BCUT2D eigenvalue weighted by atomic mass is 10.0. The molecule has 4 rings (SSSR count). The molecule has 3 N–H and O–H groups in total. The summed E-state index contributed by atoms with van der Waals surface area (Å²) in [5, 5.41) is 23.3. The molecule has 0 unspecified atom stereocenters. The highest BCUT2D eigenvalue weighted by Gasteiger charge is 2.23. The van der Waals surface area contributed by atoms with E-state index >= 15 is 0 Å². The molecule has 0 aliphatic heterocycles. The lowest BCUT2D eigenvalue weighted by molar-refractivity contribution is -0.384. The summed E-state index contributed by atoms with van der Waals surface area (Å²) in [5.74, 6) is -0.635. The fraction of sp³-hybridized carbons (Fsp3) is 0.267. The molecule has 2 amide bonds. The van der Waals surface area contributed by atoms with E-state index in [1.165, 1.54) is 36.5 Å². The monoisotopic (exact) mass is 592 g/mol. The molecule has 11 nitrogen and oxygen atoms in total. The third-order valence-corrected chi connectivity index (χ3v) is 8.66. The van der Waals surface area contributed by atoms with Gasteiger partial charge in [-0.25, -0.2) is 17.9 Å². The Hall–Kier alpha value is -4.55. The topological polar surface area (TPSA) is 161 Å². The average molecular weight is 593 g/mol. The van der Waals surface area contributed by atoms with E-state index in [2.05, 4.69) is 5.32 Å². The van der Waals surface area contributed by atoms with Crippen molar-refractivity contribution in [1.29, 1.82) is 0 Å². The SMILES string of the molecule is Cc1ccc(S(=O)(=O)n2cc(Cc3ccc(C(=O)NCCCCCCC(=O)NO)cc3)c3cc([N+](=O)[O-])ccc32)cc1. The van der Waals surface area contributed by atoms with Gasteiger partial charge in [0.25, 0.3) is 21.6 Å². The fourth-order valence-electron chi connectivity index (χ4n) is 4.65. The Morgan fingerprint density at radius 3 is 2.31 bits per heavy atom. The molecule has 4 aromatic rings. The zero-order chi connectivity index (χ0) is 30.3. The van der Waals surface area contributed by atoms with E-state index in [-0.39, 0.29) is 22.9 Å². The van der Waals surface area contributed by atoms with Crippen LogP contribution in [0.5, 0.6) is 0 Å². The third kappa shape index (κ3) is 7.20. The molecule has 0 fully saturated rings. The van der Waals surface area contributed by atoms with E-state index in [1.807, 2.05) is 6.92 Å². The second kappa shape index (κ2) is 13.4. The highest BCUT2D eigenvalue weighted by molar-refractivity contribution is 7.90. The van der Waals surface area contributed by atoms with Gasteiger partial charge in [-0.05, 0) is 67.6 Å². The van der Waals surface area contributed by atoms with E-state index in [0.29, 0.717) is 41.4 Å². The molecule has 12 heteroatoms. The van der Waals surface area contributed by atoms with Gasteiger partial charge in [0.15, 0.2) is 0 Å². The number of hydroxylamine groups is 1. The number of non-ortho nitro benzene ring substituents is 1. The number of carbonyl (C=O) groups excluding carboxylic acids is 2. The molecule has 0 bridgehead atoms. The molecule has 0 aliphatic rings. The predicted octanol–water partition coefficient (Wildman–Crippen LogP) is 4.87. The van der Waals surface area contributed by atoms with Gasteiger partial charge in [-0.2, -0.15) is 0 Å². The second-order valence-corrected chi connectivity index (χ2v) is 11.9. The van der Waals surface area contributed by atoms with Crippen LogP contribution in [0.3, 0.4) is 0 Å². The van der Waals surface area contributed by atoms with Gasteiger partial charge in [-0.15, -0.1) is 0 Å². The summed E-state index contributed by atoms with van der Waals surface area (Å²) < 4.78 is 28.2. The Kier molecular flexibility index (Phi) is 9.71. The number of nitrogens with one attached hydrogen (secondary N) is 2. The number of hydrogen-bond acceptors (Lipinski definition) is 7. The maximum atomic E-state index is 13.5. The van der Waals surface area contributed by atoms with Crippen LogP contribution in [0.1, 0.15) is 59.2 Å². The molecule has 0 saturated heterocycles. The van der Waals surface area contributed by atoms with E-state index < -0.39 is 20.9 Å². The molecule has 220 valence electrons. The first-order valence-corrected chi connectivity index (χ1v) is 14.9. The number of nitro benzene ring substituents is 1. The molecule has 0 radical (unpaired) electrons.